The summed E-state index contributed by atoms with van der Waals surface area (Å²) in [5.41, 5.74) is 2.17. The van der Waals surface area contributed by atoms with Gasteiger partial charge in [0.15, 0.2) is 11.5 Å². The Kier molecular flexibility index (Phi) is 8.74. The van der Waals surface area contributed by atoms with Crippen molar-refractivity contribution in [1.29, 1.82) is 5.26 Å². The standard InChI is InChI=1S/C25H20BrIN2O4/c1-31-20-9-7-19(8-10-20)29-25(30)18(14-28)11-16-12-22(27)24(23(13-16)32-2)33-15-17-5-3-4-6-21(17)26/h3-13H,15H2,1-2H3,(H,29,30)/b18-11+. The quantitative estimate of drug-likeness (QED) is 0.185. The Morgan fingerprint density at radius 3 is 2.48 bits per heavy atom. The van der Waals surface area contributed by atoms with Gasteiger partial charge >= 0.3 is 0 Å². The van der Waals surface area contributed by atoms with Gasteiger partial charge in [-0.25, -0.2) is 0 Å². The van der Waals surface area contributed by atoms with E-state index in [1.165, 1.54) is 6.08 Å². The number of nitrogens with zero attached hydrogens (tertiary/aromatic N) is 1. The first-order valence-electron chi connectivity index (χ1n) is 9.76. The van der Waals surface area contributed by atoms with Gasteiger partial charge in [-0.3, -0.25) is 4.79 Å². The highest BCUT2D eigenvalue weighted by Gasteiger charge is 2.15. The summed E-state index contributed by atoms with van der Waals surface area (Å²) in [6.45, 7) is 0.358. The van der Waals surface area contributed by atoms with Crippen molar-refractivity contribution in [1.82, 2.24) is 0 Å². The van der Waals surface area contributed by atoms with Crippen molar-refractivity contribution in [2.75, 3.05) is 19.5 Å². The van der Waals surface area contributed by atoms with Crippen molar-refractivity contribution in [3.63, 3.8) is 0 Å². The van der Waals surface area contributed by atoms with E-state index in [9.17, 15) is 10.1 Å². The molecule has 168 valence electrons. The second-order valence-electron chi connectivity index (χ2n) is 6.77. The average Bonchev–Trinajstić information content (AvgIpc) is 2.82. The number of amides is 1. The van der Waals surface area contributed by atoms with Crippen LogP contribution in [0.15, 0.2) is 70.7 Å². The lowest BCUT2D eigenvalue weighted by atomic mass is 10.1. The van der Waals surface area contributed by atoms with Crippen LogP contribution in [-0.2, 0) is 11.4 Å². The van der Waals surface area contributed by atoms with Crippen molar-refractivity contribution in [2.45, 2.75) is 6.61 Å². The minimum Gasteiger partial charge on any atom is -0.497 e. The molecule has 3 aromatic rings. The van der Waals surface area contributed by atoms with Crippen LogP contribution in [0, 0.1) is 14.9 Å². The first-order chi connectivity index (χ1) is 15.9. The molecule has 0 saturated heterocycles. The van der Waals surface area contributed by atoms with E-state index >= 15 is 0 Å². The minimum absolute atomic E-state index is 0.0365. The first-order valence-corrected chi connectivity index (χ1v) is 11.6. The molecule has 3 rings (SSSR count). The van der Waals surface area contributed by atoms with E-state index in [2.05, 4.69) is 43.8 Å². The third kappa shape index (κ3) is 6.49. The molecule has 6 nitrogen and oxygen atoms in total. The van der Waals surface area contributed by atoms with Crippen molar-refractivity contribution in [3.8, 4) is 23.3 Å². The van der Waals surface area contributed by atoms with E-state index in [1.807, 2.05) is 36.4 Å². The molecule has 0 atom stereocenters. The molecule has 0 aromatic heterocycles. The lowest BCUT2D eigenvalue weighted by molar-refractivity contribution is -0.112. The summed E-state index contributed by atoms with van der Waals surface area (Å²) in [4.78, 5) is 12.6. The molecular weight excluding hydrogens is 599 g/mol. The summed E-state index contributed by atoms with van der Waals surface area (Å²) >= 11 is 5.67. The Hall–Kier alpha value is -3.03. The molecule has 3 aromatic carbocycles. The molecule has 0 bridgehead atoms. The fourth-order valence-corrected chi connectivity index (χ4v) is 4.10. The number of carbonyl (C=O) groups excluding carboxylic acids is 1. The lowest BCUT2D eigenvalue weighted by Gasteiger charge is -2.14. The predicted molar refractivity (Wildman–Crippen MR) is 139 cm³/mol. The SMILES string of the molecule is COc1ccc(NC(=O)/C(C#N)=C/c2cc(I)c(OCc3ccccc3Br)c(OC)c2)cc1. The molecule has 0 unspecified atom stereocenters. The molecule has 0 aliphatic carbocycles. The van der Waals surface area contributed by atoms with Gasteiger partial charge in [-0.05, 0) is 76.7 Å². The van der Waals surface area contributed by atoms with Crippen molar-refractivity contribution in [3.05, 3.63) is 85.4 Å². The maximum absolute atomic E-state index is 12.6. The van der Waals surface area contributed by atoms with Crippen molar-refractivity contribution < 1.29 is 19.0 Å². The Bertz CT molecular complexity index is 1220. The van der Waals surface area contributed by atoms with Crippen LogP contribution in [0.25, 0.3) is 6.08 Å². The number of carbonyl (C=O) groups is 1. The number of ether oxygens (including phenoxy) is 3. The number of rotatable bonds is 8. The molecule has 8 heteroatoms. The highest BCUT2D eigenvalue weighted by Crippen LogP contribution is 2.35. The minimum atomic E-state index is -0.508. The van der Waals surface area contributed by atoms with E-state index in [-0.39, 0.29) is 5.57 Å². The number of benzene rings is 3. The number of hydrogen-bond donors (Lipinski definition) is 1. The molecule has 0 aliphatic rings. The Labute approximate surface area is 214 Å². The van der Waals surface area contributed by atoms with Gasteiger partial charge in [0.25, 0.3) is 5.91 Å². The molecule has 33 heavy (non-hydrogen) atoms. The monoisotopic (exact) mass is 618 g/mol. The summed E-state index contributed by atoms with van der Waals surface area (Å²) in [7, 11) is 3.11. The van der Waals surface area contributed by atoms with Crippen LogP contribution in [-0.4, -0.2) is 20.1 Å². The third-order valence-electron chi connectivity index (χ3n) is 4.61. The molecule has 1 N–H and O–H groups in total. The number of hydrogen-bond acceptors (Lipinski definition) is 5. The largest absolute Gasteiger partial charge is 0.497 e. The normalized spacial score (nSPS) is 10.8. The van der Waals surface area contributed by atoms with E-state index in [0.717, 1.165) is 13.6 Å². The zero-order valence-corrected chi connectivity index (χ0v) is 21.6. The maximum atomic E-state index is 12.6. The smallest absolute Gasteiger partial charge is 0.266 e. The molecule has 1 amide bonds. The van der Waals surface area contributed by atoms with Crippen LogP contribution in [0.4, 0.5) is 5.69 Å². The van der Waals surface area contributed by atoms with Gasteiger partial charge in [-0.2, -0.15) is 5.26 Å². The number of nitriles is 1. The first kappa shape index (κ1) is 24.6. The van der Waals surface area contributed by atoms with Gasteiger partial charge in [0.05, 0.1) is 17.8 Å². The van der Waals surface area contributed by atoms with Crippen molar-refractivity contribution in [2.24, 2.45) is 0 Å². The Morgan fingerprint density at radius 1 is 1.12 bits per heavy atom. The zero-order valence-electron chi connectivity index (χ0n) is 17.9. The average molecular weight is 619 g/mol. The highest BCUT2D eigenvalue weighted by atomic mass is 127. The second-order valence-corrected chi connectivity index (χ2v) is 8.78. The van der Waals surface area contributed by atoms with Crippen LogP contribution in [0.5, 0.6) is 17.2 Å². The summed E-state index contributed by atoms with van der Waals surface area (Å²) in [6, 6.07) is 20.2. The fourth-order valence-electron chi connectivity index (χ4n) is 2.92. The lowest BCUT2D eigenvalue weighted by Crippen LogP contribution is -2.13. The fraction of sp³-hybridized carbons (Fsp3) is 0.120. The molecule has 0 aliphatic heterocycles. The Balaban J connectivity index is 1.80. The summed E-state index contributed by atoms with van der Waals surface area (Å²) < 4.78 is 18.4. The molecule has 0 spiro atoms. The molecule has 0 fully saturated rings. The topological polar surface area (TPSA) is 80.6 Å². The van der Waals surface area contributed by atoms with E-state index in [4.69, 9.17) is 14.2 Å². The van der Waals surface area contributed by atoms with Crippen LogP contribution >= 0.6 is 38.5 Å². The molecular formula is C25H20BrIN2O4. The molecule has 0 radical (unpaired) electrons. The van der Waals surface area contributed by atoms with Gasteiger partial charge in [0.2, 0.25) is 0 Å². The van der Waals surface area contributed by atoms with Gasteiger partial charge in [-0.15, -0.1) is 0 Å². The zero-order chi connectivity index (χ0) is 23.8. The van der Waals surface area contributed by atoms with Crippen LogP contribution in [0.2, 0.25) is 0 Å². The van der Waals surface area contributed by atoms with E-state index in [0.29, 0.717) is 35.1 Å². The number of halogens is 2. The van der Waals surface area contributed by atoms with E-state index < -0.39 is 5.91 Å². The molecule has 0 heterocycles. The highest BCUT2D eigenvalue weighted by molar-refractivity contribution is 14.1. The predicted octanol–water partition coefficient (Wildman–Crippen LogP) is 6.20. The summed E-state index contributed by atoms with van der Waals surface area (Å²) in [5, 5.41) is 12.3. The number of anilines is 1. The second kappa shape index (κ2) is 11.7. The number of methoxy groups -OCH3 is 2. The van der Waals surface area contributed by atoms with Gasteiger partial charge in [0, 0.05) is 15.7 Å². The van der Waals surface area contributed by atoms with Crippen LogP contribution in [0.3, 0.4) is 0 Å². The van der Waals surface area contributed by atoms with Crippen molar-refractivity contribution >= 4 is 56.2 Å². The van der Waals surface area contributed by atoms with E-state index in [1.54, 1.807) is 44.6 Å². The number of nitrogens with one attached hydrogen (secondary N) is 1. The van der Waals surface area contributed by atoms with Gasteiger partial charge in [0.1, 0.15) is 24.0 Å². The molecule has 0 saturated carbocycles. The summed E-state index contributed by atoms with van der Waals surface area (Å²) in [5.74, 6) is 1.26. The van der Waals surface area contributed by atoms with Crippen LogP contribution in [0.1, 0.15) is 11.1 Å². The summed E-state index contributed by atoms with van der Waals surface area (Å²) in [6.07, 6.45) is 1.51. The third-order valence-corrected chi connectivity index (χ3v) is 6.18. The Morgan fingerprint density at radius 2 is 1.85 bits per heavy atom. The van der Waals surface area contributed by atoms with Crippen LogP contribution < -0.4 is 19.5 Å². The van der Waals surface area contributed by atoms with Gasteiger partial charge < -0.3 is 19.5 Å². The maximum Gasteiger partial charge on any atom is 0.266 e. The van der Waals surface area contributed by atoms with Gasteiger partial charge in [-0.1, -0.05) is 34.1 Å².